The maximum absolute atomic E-state index is 11.7. The van der Waals surface area contributed by atoms with Gasteiger partial charge in [-0.3, -0.25) is 4.79 Å². The van der Waals surface area contributed by atoms with Crippen LogP contribution in [0, 0.1) is 0 Å². The second-order valence-corrected chi connectivity index (χ2v) is 5.90. The monoisotopic (exact) mass is 311 g/mol. The second kappa shape index (κ2) is 5.85. The number of hydrogen-bond donors (Lipinski definition) is 2. The number of amides is 1. The van der Waals surface area contributed by atoms with Gasteiger partial charge in [-0.05, 0) is 43.4 Å². The number of hydrogen-bond acceptors (Lipinski definition) is 2. The Labute approximate surface area is 116 Å². The maximum atomic E-state index is 11.7. The molecule has 1 fully saturated rings. The van der Waals surface area contributed by atoms with Gasteiger partial charge in [0.05, 0.1) is 5.60 Å². The predicted octanol–water partition coefficient (Wildman–Crippen LogP) is 2.41. The van der Waals surface area contributed by atoms with Gasteiger partial charge in [0, 0.05) is 17.4 Å². The third-order valence-electron chi connectivity index (χ3n) is 3.43. The highest BCUT2D eigenvalue weighted by Crippen LogP contribution is 2.30. The number of halogens is 1. The summed E-state index contributed by atoms with van der Waals surface area (Å²) in [7, 11) is 0. The lowest BCUT2D eigenvalue weighted by Gasteiger charge is -2.36. The molecule has 4 heteroatoms. The van der Waals surface area contributed by atoms with Gasteiger partial charge in [0.1, 0.15) is 0 Å². The van der Waals surface area contributed by atoms with Crippen LogP contribution in [-0.4, -0.2) is 23.2 Å². The summed E-state index contributed by atoms with van der Waals surface area (Å²) in [4.78, 5) is 11.7. The first-order valence-electron chi connectivity index (χ1n) is 6.31. The first kappa shape index (κ1) is 13.6. The van der Waals surface area contributed by atoms with E-state index in [1.807, 2.05) is 24.3 Å². The molecule has 1 saturated carbocycles. The number of carbonyl (C=O) groups excluding carboxylic acids is 1. The Hall–Kier alpha value is -0.870. The molecule has 2 rings (SSSR count). The van der Waals surface area contributed by atoms with Gasteiger partial charge in [-0.1, -0.05) is 28.1 Å². The van der Waals surface area contributed by atoms with Gasteiger partial charge in [-0.2, -0.15) is 0 Å². The molecule has 1 aromatic rings. The van der Waals surface area contributed by atoms with Gasteiger partial charge >= 0.3 is 0 Å². The molecule has 98 valence electrons. The fourth-order valence-electron chi connectivity index (χ4n) is 2.06. The van der Waals surface area contributed by atoms with E-state index < -0.39 is 5.60 Å². The molecule has 0 aromatic heterocycles. The number of nitrogens with one attached hydrogen (secondary N) is 1. The van der Waals surface area contributed by atoms with E-state index in [0.717, 1.165) is 35.7 Å². The highest BCUT2D eigenvalue weighted by molar-refractivity contribution is 9.10. The molecule has 1 amide bonds. The zero-order chi connectivity index (χ0) is 13.0. The van der Waals surface area contributed by atoms with Gasteiger partial charge in [0.15, 0.2) is 0 Å². The molecular weight excluding hydrogens is 294 g/mol. The van der Waals surface area contributed by atoms with Crippen molar-refractivity contribution in [2.45, 2.75) is 37.7 Å². The van der Waals surface area contributed by atoms with Crippen LogP contribution in [0.2, 0.25) is 0 Å². The van der Waals surface area contributed by atoms with Gasteiger partial charge in [-0.25, -0.2) is 0 Å². The minimum Gasteiger partial charge on any atom is -0.388 e. The number of rotatable bonds is 5. The summed E-state index contributed by atoms with van der Waals surface area (Å²) in [6, 6.07) is 7.97. The van der Waals surface area contributed by atoms with Crippen LogP contribution in [0.4, 0.5) is 0 Å². The summed E-state index contributed by atoms with van der Waals surface area (Å²) in [6.07, 6.45) is 3.86. The Morgan fingerprint density at radius 1 is 1.44 bits per heavy atom. The fourth-order valence-corrected chi connectivity index (χ4v) is 2.51. The lowest BCUT2D eigenvalue weighted by molar-refractivity contribution is -0.123. The number of benzene rings is 1. The molecule has 0 bridgehead atoms. The van der Waals surface area contributed by atoms with Crippen LogP contribution < -0.4 is 5.32 Å². The normalized spacial score (nSPS) is 17.0. The van der Waals surface area contributed by atoms with Crippen LogP contribution in [0.3, 0.4) is 0 Å². The van der Waals surface area contributed by atoms with Crippen molar-refractivity contribution in [3.05, 3.63) is 34.3 Å². The first-order chi connectivity index (χ1) is 8.57. The van der Waals surface area contributed by atoms with Gasteiger partial charge in [0.2, 0.25) is 5.91 Å². The Bertz CT molecular complexity index is 430. The molecule has 0 heterocycles. The van der Waals surface area contributed by atoms with Gasteiger partial charge < -0.3 is 10.4 Å². The lowest BCUT2D eigenvalue weighted by Crippen LogP contribution is -2.47. The molecule has 1 aromatic carbocycles. The van der Waals surface area contributed by atoms with E-state index in [9.17, 15) is 9.90 Å². The average Bonchev–Trinajstić information content (AvgIpc) is 2.31. The highest BCUT2D eigenvalue weighted by Gasteiger charge is 2.34. The molecule has 0 spiro atoms. The third-order valence-corrected chi connectivity index (χ3v) is 3.92. The Morgan fingerprint density at radius 2 is 2.22 bits per heavy atom. The third kappa shape index (κ3) is 3.82. The predicted molar refractivity (Wildman–Crippen MR) is 74.3 cm³/mol. The first-order valence-corrected chi connectivity index (χ1v) is 7.10. The van der Waals surface area contributed by atoms with Crippen molar-refractivity contribution in [3.8, 4) is 0 Å². The Kier molecular flexibility index (Phi) is 4.40. The fraction of sp³-hybridized carbons (Fsp3) is 0.500. The number of carbonyl (C=O) groups is 1. The van der Waals surface area contributed by atoms with Crippen molar-refractivity contribution in [1.82, 2.24) is 5.32 Å². The van der Waals surface area contributed by atoms with Gasteiger partial charge in [0.25, 0.3) is 0 Å². The largest absolute Gasteiger partial charge is 0.388 e. The van der Waals surface area contributed by atoms with Crippen LogP contribution in [0.15, 0.2) is 28.7 Å². The minimum atomic E-state index is -0.633. The molecule has 0 atom stereocenters. The molecule has 0 saturated heterocycles. The van der Waals surface area contributed by atoms with E-state index in [-0.39, 0.29) is 5.91 Å². The van der Waals surface area contributed by atoms with Crippen LogP contribution >= 0.6 is 15.9 Å². The Morgan fingerprint density at radius 3 is 2.83 bits per heavy atom. The number of aliphatic hydroxyl groups is 1. The SMILES string of the molecule is O=C(CCc1cccc(Br)c1)NCC1(O)CCC1. The molecule has 2 N–H and O–H groups in total. The zero-order valence-corrected chi connectivity index (χ0v) is 11.9. The van der Waals surface area contributed by atoms with E-state index >= 15 is 0 Å². The van der Waals surface area contributed by atoms with Crippen molar-refractivity contribution in [2.75, 3.05) is 6.54 Å². The topological polar surface area (TPSA) is 49.3 Å². The van der Waals surface area contributed by atoms with E-state index in [0.29, 0.717) is 13.0 Å². The zero-order valence-electron chi connectivity index (χ0n) is 10.3. The maximum Gasteiger partial charge on any atom is 0.220 e. The van der Waals surface area contributed by atoms with Crippen LogP contribution in [0.1, 0.15) is 31.2 Å². The highest BCUT2D eigenvalue weighted by atomic mass is 79.9. The van der Waals surface area contributed by atoms with Crippen molar-refractivity contribution >= 4 is 21.8 Å². The smallest absolute Gasteiger partial charge is 0.220 e. The van der Waals surface area contributed by atoms with E-state index in [1.165, 1.54) is 0 Å². The molecular formula is C14H18BrNO2. The molecule has 1 aliphatic rings. The average molecular weight is 312 g/mol. The van der Waals surface area contributed by atoms with Crippen LogP contribution in [0.25, 0.3) is 0 Å². The minimum absolute atomic E-state index is 0.00954. The quantitative estimate of drug-likeness (QED) is 0.877. The second-order valence-electron chi connectivity index (χ2n) is 4.98. The van der Waals surface area contributed by atoms with E-state index in [1.54, 1.807) is 0 Å². The van der Waals surface area contributed by atoms with Crippen molar-refractivity contribution in [2.24, 2.45) is 0 Å². The summed E-state index contributed by atoms with van der Waals surface area (Å²) in [5.41, 5.74) is 0.507. The van der Waals surface area contributed by atoms with Crippen molar-refractivity contribution in [1.29, 1.82) is 0 Å². The molecule has 0 radical (unpaired) electrons. The summed E-state index contributed by atoms with van der Waals surface area (Å²) in [5, 5.41) is 12.7. The molecule has 3 nitrogen and oxygen atoms in total. The standard InChI is InChI=1S/C14H18BrNO2/c15-12-4-1-3-11(9-12)5-6-13(17)16-10-14(18)7-2-8-14/h1,3-4,9,18H,2,5-8,10H2,(H,16,17). The summed E-state index contributed by atoms with van der Waals surface area (Å²) < 4.78 is 1.03. The van der Waals surface area contributed by atoms with Gasteiger partial charge in [-0.15, -0.1) is 0 Å². The summed E-state index contributed by atoms with van der Waals surface area (Å²) in [5.74, 6) is 0.00954. The molecule has 0 unspecified atom stereocenters. The Balaban J connectivity index is 1.71. The van der Waals surface area contributed by atoms with E-state index in [2.05, 4.69) is 21.2 Å². The van der Waals surface area contributed by atoms with Crippen molar-refractivity contribution in [3.63, 3.8) is 0 Å². The van der Waals surface area contributed by atoms with E-state index in [4.69, 9.17) is 0 Å². The lowest BCUT2D eigenvalue weighted by atomic mass is 9.80. The van der Waals surface area contributed by atoms with Crippen LogP contribution in [0.5, 0.6) is 0 Å². The van der Waals surface area contributed by atoms with Crippen LogP contribution in [-0.2, 0) is 11.2 Å². The molecule has 0 aliphatic heterocycles. The number of aryl methyl sites for hydroxylation is 1. The summed E-state index contributed by atoms with van der Waals surface area (Å²) in [6.45, 7) is 0.393. The molecule has 18 heavy (non-hydrogen) atoms. The molecule has 1 aliphatic carbocycles. The van der Waals surface area contributed by atoms with Crippen molar-refractivity contribution < 1.29 is 9.90 Å². The summed E-state index contributed by atoms with van der Waals surface area (Å²) >= 11 is 3.41.